The lowest BCUT2D eigenvalue weighted by Gasteiger charge is -2.06. The van der Waals surface area contributed by atoms with Crippen molar-refractivity contribution in [1.29, 1.82) is 0 Å². The highest BCUT2D eigenvalue weighted by atomic mass is 32.2. The van der Waals surface area contributed by atoms with Crippen molar-refractivity contribution in [3.05, 3.63) is 18.0 Å². The Morgan fingerprint density at radius 1 is 1.50 bits per heavy atom. The molecule has 0 saturated heterocycles. The molecule has 1 heterocycles. The fourth-order valence-corrected chi connectivity index (χ4v) is 1.85. The van der Waals surface area contributed by atoms with Crippen LogP contribution in [0.4, 0.5) is 0 Å². The van der Waals surface area contributed by atoms with Crippen molar-refractivity contribution in [1.82, 2.24) is 15.1 Å². The molecule has 0 atom stereocenters. The van der Waals surface area contributed by atoms with Gasteiger partial charge >= 0.3 is 0 Å². The Hall–Kier alpha value is -0.480. The Balaban J connectivity index is 2.37. The Kier molecular flexibility index (Phi) is 5.71. The van der Waals surface area contributed by atoms with E-state index < -0.39 is 0 Å². The minimum absolute atomic E-state index is 0.924. The maximum atomic E-state index is 4.30. The van der Waals surface area contributed by atoms with Crippen molar-refractivity contribution < 1.29 is 0 Å². The molecule has 0 aliphatic carbocycles. The van der Waals surface area contributed by atoms with E-state index in [1.807, 2.05) is 18.0 Å². The Morgan fingerprint density at radius 3 is 3.07 bits per heavy atom. The number of hydrogen-bond acceptors (Lipinski definition) is 3. The molecular weight excluding hydrogens is 194 g/mol. The third-order valence-corrected chi connectivity index (χ3v) is 2.89. The molecule has 1 rings (SSSR count). The minimum Gasteiger partial charge on any atom is -0.311 e. The highest BCUT2D eigenvalue weighted by molar-refractivity contribution is 7.99. The lowest BCUT2D eigenvalue weighted by Crippen LogP contribution is -2.16. The van der Waals surface area contributed by atoms with Crippen LogP contribution in [0.1, 0.15) is 19.5 Å². The summed E-state index contributed by atoms with van der Waals surface area (Å²) >= 11 is 1.96. The number of nitrogens with one attached hydrogen (secondary N) is 1. The van der Waals surface area contributed by atoms with E-state index >= 15 is 0 Å². The Labute approximate surface area is 90.3 Å². The van der Waals surface area contributed by atoms with Crippen molar-refractivity contribution >= 4 is 11.8 Å². The van der Waals surface area contributed by atoms with Gasteiger partial charge in [-0.25, -0.2) is 0 Å². The number of thioether (sulfide) groups is 1. The van der Waals surface area contributed by atoms with Gasteiger partial charge in [-0.2, -0.15) is 16.9 Å². The van der Waals surface area contributed by atoms with Crippen molar-refractivity contribution in [2.75, 3.05) is 18.1 Å². The fraction of sp³-hybridized carbons (Fsp3) is 0.700. The van der Waals surface area contributed by atoms with Crippen LogP contribution >= 0.6 is 11.8 Å². The van der Waals surface area contributed by atoms with Gasteiger partial charge in [-0.15, -0.1) is 0 Å². The first-order valence-corrected chi connectivity index (χ1v) is 6.33. The smallest absolute Gasteiger partial charge is 0.0522 e. The Morgan fingerprint density at radius 2 is 2.36 bits per heavy atom. The third kappa shape index (κ3) is 3.72. The monoisotopic (exact) mass is 213 g/mol. The molecule has 0 radical (unpaired) electrons. The van der Waals surface area contributed by atoms with Gasteiger partial charge in [-0.3, -0.25) is 4.68 Å². The SMILES string of the molecule is CCNCc1ccnn1CCSCC. The highest BCUT2D eigenvalue weighted by Gasteiger charge is 2.00. The summed E-state index contributed by atoms with van der Waals surface area (Å²) in [4.78, 5) is 0. The molecule has 0 aliphatic rings. The van der Waals surface area contributed by atoms with Gasteiger partial charge in [-0.1, -0.05) is 13.8 Å². The molecule has 1 aromatic rings. The van der Waals surface area contributed by atoms with Crippen LogP contribution < -0.4 is 5.32 Å². The summed E-state index contributed by atoms with van der Waals surface area (Å²) in [6.07, 6.45) is 1.88. The molecule has 0 unspecified atom stereocenters. The molecule has 0 aliphatic heterocycles. The van der Waals surface area contributed by atoms with Gasteiger partial charge < -0.3 is 5.32 Å². The quantitative estimate of drug-likeness (QED) is 0.700. The number of nitrogens with zero attached hydrogens (tertiary/aromatic N) is 2. The second kappa shape index (κ2) is 6.90. The molecule has 0 bridgehead atoms. The van der Waals surface area contributed by atoms with Gasteiger partial charge in [0.1, 0.15) is 0 Å². The van der Waals surface area contributed by atoms with E-state index in [9.17, 15) is 0 Å². The molecule has 1 aromatic heterocycles. The summed E-state index contributed by atoms with van der Waals surface area (Å²) in [6, 6.07) is 2.08. The van der Waals surface area contributed by atoms with E-state index in [1.165, 1.54) is 11.4 Å². The first-order valence-electron chi connectivity index (χ1n) is 5.17. The Bertz CT molecular complexity index is 247. The van der Waals surface area contributed by atoms with E-state index in [0.717, 1.165) is 25.4 Å². The van der Waals surface area contributed by atoms with E-state index in [0.29, 0.717) is 0 Å². The van der Waals surface area contributed by atoms with Crippen molar-refractivity contribution in [3.8, 4) is 0 Å². The molecular formula is C10H19N3S. The second-order valence-corrected chi connectivity index (χ2v) is 4.42. The van der Waals surface area contributed by atoms with Crippen LogP contribution in [-0.4, -0.2) is 27.8 Å². The fourth-order valence-electron chi connectivity index (χ4n) is 1.26. The second-order valence-electron chi connectivity index (χ2n) is 3.02. The van der Waals surface area contributed by atoms with Crippen LogP contribution in [0.2, 0.25) is 0 Å². The van der Waals surface area contributed by atoms with Crippen LogP contribution in [0.3, 0.4) is 0 Å². The number of rotatable bonds is 7. The average Bonchev–Trinajstić information content (AvgIpc) is 2.63. The summed E-state index contributed by atoms with van der Waals surface area (Å²) in [5.41, 5.74) is 1.28. The zero-order valence-electron chi connectivity index (χ0n) is 8.99. The summed E-state index contributed by atoms with van der Waals surface area (Å²) < 4.78 is 2.09. The van der Waals surface area contributed by atoms with E-state index in [1.54, 1.807) is 0 Å². The third-order valence-electron chi connectivity index (χ3n) is 2.01. The van der Waals surface area contributed by atoms with Crippen LogP contribution in [0, 0.1) is 0 Å². The topological polar surface area (TPSA) is 29.9 Å². The first kappa shape index (κ1) is 11.6. The van der Waals surface area contributed by atoms with E-state index in [2.05, 4.69) is 35.0 Å². The lowest BCUT2D eigenvalue weighted by molar-refractivity contribution is 0.594. The molecule has 0 amide bonds. The van der Waals surface area contributed by atoms with Crippen LogP contribution in [0.25, 0.3) is 0 Å². The summed E-state index contributed by atoms with van der Waals surface area (Å²) in [7, 11) is 0. The zero-order valence-corrected chi connectivity index (χ0v) is 9.81. The van der Waals surface area contributed by atoms with Gasteiger partial charge in [0.05, 0.1) is 12.2 Å². The van der Waals surface area contributed by atoms with Gasteiger partial charge in [-0.05, 0) is 18.4 Å². The normalized spacial score (nSPS) is 10.7. The lowest BCUT2D eigenvalue weighted by atomic mass is 10.4. The van der Waals surface area contributed by atoms with E-state index in [4.69, 9.17) is 0 Å². The van der Waals surface area contributed by atoms with Crippen molar-refractivity contribution in [2.24, 2.45) is 0 Å². The maximum absolute atomic E-state index is 4.30. The van der Waals surface area contributed by atoms with Crippen molar-refractivity contribution in [2.45, 2.75) is 26.9 Å². The van der Waals surface area contributed by atoms with Gasteiger partial charge in [0.25, 0.3) is 0 Å². The molecule has 0 saturated carbocycles. The van der Waals surface area contributed by atoms with Crippen LogP contribution in [0.5, 0.6) is 0 Å². The highest BCUT2D eigenvalue weighted by Crippen LogP contribution is 2.03. The maximum Gasteiger partial charge on any atom is 0.0522 e. The van der Waals surface area contributed by atoms with E-state index in [-0.39, 0.29) is 0 Å². The summed E-state index contributed by atoms with van der Waals surface area (Å²) in [5, 5.41) is 7.62. The summed E-state index contributed by atoms with van der Waals surface area (Å²) in [5.74, 6) is 2.33. The first-order chi connectivity index (χ1) is 6.88. The molecule has 0 aromatic carbocycles. The van der Waals surface area contributed by atoms with Gasteiger partial charge in [0, 0.05) is 18.5 Å². The summed E-state index contributed by atoms with van der Waals surface area (Å²) in [6.45, 7) is 7.26. The molecule has 1 N–H and O–H groups in total. The number of hydrogen-bond donors (Lipinski definition) is 1. The van der Waals surface area contributed by atoms with Crippen molar-refractivity contribution in [3.63, 3.8) is 0 Å². The predicted octanol–water partition coefficient (Wildman–Crippen LogP) is 1.75. The number of aromatic nitrogens is 2. The largest absolute Gasteiger partial charge is 0.311 e. The predicted molar refractivity (Wildman–Crippen MR) is 62.6 cm³/mol. The molecule has 80 valence electrons. The van der Waals surface area contributed by atoms with Crippen LogP contribution in [0.15, 0.2) is 12.3 Å². The zero-order chi connectivity index (χ0) is 10.2. The molecule has 3 nitrogen and oxygen atoms in total. The number of aryl methyl sites for hydroxylation is 1. The van der Waals surface area contributed by atoms with Gasteiger partial charge in [0.2, 0.25) is 0 Å². The van der Waals surface area contributed by atoms with Gasteiger partial charge in [0.15, 0.2) is 0 Å². The molecule has 4 heteroatoms. The average molecular weight is 213 g/mol. The standard InChI is InChI=1S/C10H19N3S/c1-3-11-9-10-5-6-12-13(10)7-8-14-4-2/h5-6,11H,3-4,7-9H2,1-2H3. The molecule has 14 heavy (non-hydrogen) atoms. The molecule has 0 fully saturated rings. The minimum atomic E-state index is 0.924. The molecule has 0 spiro atoms. The van der Waals surface area contributed by atoms with Crippen LogP contribution in [-0.2, 0) is 13.1 Å².